The average Bonchev–Trinajstić information content (AvgIpc) is 2.01. The molecule has 70 valence electrons. The SMILES string of the molecule is C[n+]1ccccc1C=NC(C)(C)C. The number of hydrogen-bond acceptors (Lipinski definition) is 1. The van der Waals surface area contributed by atoms with Crippen LogP contribution in [0.25, 0.3) is 0 Å². The van der Waals surface area contributed by atoms with Crippen LogP contribution in [-0.4, -0.2) is 11.8 Å². The van der Waals surface area contributed by atoms with E-state index in [0.29, 0.717) is 0 Å². The lowest BCUT2D eigenvalue weighted by Crippen LogP contribution is -2.32. The molecule has 1 heterocycles. The number of pyridine rings is 1. The number of aromatic nitrogens is 1. The molecule has 0 amide bonds. The maximum absolute atomic E-state index is 4.44. The van der Waals surface area contributed by atoms with E-state index in [9.17, 15) is 0 Å². The fourth-order valence-corrected chi connectivity index (χ4v) is 0.930. The van der Waals surface area contributed by atoms with Crippen molar-refractivity contribution in [3.8, 4) is 0 Å². The summed E-state index contributed by atoms with van der Waals surface area (Å²) in [6, 6.07) is 6.08. The Bertz CT molecular complexity index is 308. The van der Waals surface area contributed by atoms with Crippen molar-refractivity contribution in [1.29, 1.82) is 0 Å². The Hall–Kier alpha value is -1.18. The number of rotatable bonds is 1. The van der Waals surface area contributed by atoms with Gasteiger partial charge in [-0.3, -0.25) is 4.99 Å². The van der Waals surface area contributed by atoms with Crippen molar-refractivity contribution in [2.24, 2.45) is 12.0 Å². The lowest BCUT2D eigenvalue weighted by Gasteiger charge is -2.09. The molecule has 1 aromatic rings. The molecule has 1 aromatic heterocycles. The van der Waals surface area contributed by atoms with Gasteiger partial charge in [-0.25, -0.2) is 4.57 Å². The molecule has 0 N–H and O–H groups in total. The summed E-state index contributed by atoms with van der Waals surface area (Å²) in [7, 11) is 2.02. The predicted molar refractivity (Wildman–Crippen MR) is 55.0 cm³/mol. The number of aliphatic imine (C=N–C) groups is 1. The summed E-state index contributed by atoms with van der Waals surface area (Å²) in [6.07, 6.45) is 3.93. The van der Waals surface area contributed by atoms with Gasteiger partial charge < -0.3 is 0 Å². The van der Waals surface area contributed by atoms with Crippen LogP contribution in [-0.2, 0) is 7.05 Å². The summed E-state index contributed by atoms with van der Waals surface area (Å²) in [5.74, 6) is 0. The van der Waals surface area contributed by atoms with E-state index < -0.39 is 0 Å². The summed E-state index contributed by atoms with van der Waals surface area (Å²) in [5, 5.41) is 0. The largest absolute Gasteiger partial charge is 0.281 e. The molecule has 0 fully saturated rings. The quantitative estimate of drug-likeness (QED) is 0.459. The highest BCUT2D eigenvalue weighted by atomic mass is 14.9. The number of aryl methyl sites for hydroxylation is 1. The van der Waals surface area contributed by atoms with Crippen molar-refractivity contribution >= 4 is 6.21 Å². The zero-order valence-electron chi connectivity index (χ0n) is 8.78. The molecule has 0 spiro atoms. The highest BCUT2D eigenvalue weighted by Gasteiger charge is 2.07. The molecule has 0 aliphatic carbocycles. The normalized spacial score (nSPS) is 12.3. The van der Waals surface area contributed by atoms with Gasteiger partial charge in [-0.2, -0.15) is 0 Å². The zero-order valence-corrected chi connectivity index (χ0v) is 8.78. The number of nitrogens with zero attached hydrogens (tertiary/aromatic N) is 2. The Balaban J connectivity index is 2.86. The molecule has 2 nitrogen and oxygen atoms in total. The summed E-state index contributed by atoms with van der Waals surface area (Å²) in [5.41, 5.74) is 1.13. The maximum Gasteiger partial charge on any atom is 0.222 e. The molecular formula is C11H17N2+. The minimum absolute atomic E-state index is 0.00282. The predicted octanol–water partition coefficient (Wildman–Crippen LogP) is 1.73. The summed E-state index contributed by atoms with van der Waals surface area (Å²) >= 11 is 0. The van der Waals surface area contributed by atoms with Gasteiger partial charge in [-0.05, 0) is 26.8 Å². The summed E-state index contributed by atoms with van der Waals surface area (Å²) in [6.45, 7) is 6.27. The molecule has 0 radical (unpaired) electrons. The maximum atomic E-state index is 4.44. The van der Waals surface area contributed by atoms with Gasteiger partial charge in [0, 0.05) is 12.1 Å². The second-order valence-corrected chi connectivity index (χ2v) is 4.17. The van der Waals surface area contributed by atoms with Crippen LogP contribution in [0, 0.1) is 0 Å². The minimum atomic E-state index is 0.00282. The Morgan fingerprint density at radius 3 is 2.54 bits per heavy atom. The van der Waals surface area contributed by atoms with E-state index in [-0.39, 0.29) is 5.54 Å². The van der Waals surface area contributed by atoms with Gasteiger partial charge in [0.25, 0.3) is 0 Å². The Morgan fingerprint density at radius 2 is 2.00 bits per heavy atom. The van der Waals surface area contributed by atoms with Gasteiger partial charge in [0.05, 0.1) is 11.8 Å². The van der Waals surface area contributed by atoms with Gasteiger partial charge in [0.2, 0.25) is 5.69 Å². The molecule has 0 saturated carbocycles. The van der Waals surface area contributed by atoms with E-state index >= 15 is 0 Å². The van der Waals surface area contributed by atoms with Crippen molar-refractivity contribution in [3.63, 3.8) is 0 Å². The first kappa shape index (κ1) is 9.90. The van der Waals surface area contributed by atoms with Crippen LogP contribution in [0.15, 0.2) is 29.4 Å². The van der Waals surface area contributed by atoms with Crippen LogP contribution in [0.3, 0.4) is 0 Å². The summed E-state index contributed by atoms with van der Waals surface area (Å²) in [4.78, 5) is 4.44. The second kappa shape index (κ2) is 3.69. The van der Waals surface area contributed by atoms with Crippen LogP contribution in [0.4, 0.5) is 0 Å². The monoisotopic (exact) mass is 177 g/mol. The molecular weight excluding hydrogens is 160 g/mol. The lowest BCUT2D eigenvalue weighted by molar-refractivity contribution is -0.672. The van der Waals surface area contributed by atoms with Crippen molar-refractivity contribution in [2.45, 2.75) is 26.3 Å². The Labute approximate surface area is 79.9 Å². The van der Waals surface area contributed by atoms with E-state index in [1.54, 1.807) is 0 Å². The van der Waals surface area contributed by atoms with Gasteiger partial charge in [0.1, 0.15) is 7.05 Å². The average molecular weight is 177 g/mol. The highest BCUT2D eigenvalue weighted by molar-refractivity contribution is 5.75. The number of hydrogen-bond donors (Lipinski definition) is 0. The molecule has 2 heteroatoms. The van der Waals surface area contributed by atoms with Crippen LogP contribution < -0.4 is 4.57 Å². The van der Waals surface area contributed by atoms with Gasteiger partial charge in [0.15, 0.2) is 6.20 Å². The Morgan fingerprint density at radius 1 is 1.31 bits per heavy atom. The lowest BCUT2D eigenvalue weighted by atomic mass is 10.1. The van der Waals surface area contributed by atoms with Crippen molar-refractivity contribution < 1.29 is 4.57 Å². The third kappa shape index (κ3) is 3.36. The van der Waals surface area contributed by atoms with Crippen LogP contribution in [0.5, 0.6) is 0 Å². The first-order valence-corrected chi connectivity index (χ1v) is 4.49. The van der Waals surface area contributed by atoms with Gasteiger partial charge in [-0.15, -0.1) is 0 Å². The van der Waals surface area contributed by atoms with E-state index in [4.69, 9.17) is 0 Å². The fourth-order valence-electron chi connectivity index (χ4n) is 0.930. The van der Waals surface area contributed by atoms with Crippen LogP contribution in [0.2, 0.25) is 0 Å². The molecule has 0 aromatic carbocycles. The van der Waals surface area contributed by atoms with E-state index in [0.717, 1.165) is 5.69 Å². The van der Waals surface area contributed by atoms with E-state index in [2.05, 4.69) is 36.4 Å². The third-order valence-corrected chi connectivity index (χ3v) is 1.68. The standard InChI is InChI=1S/C11H17N2/c1-11(2,3)12-9-10-7-5-6-8-13(10)4/h5-9H,1-4H3/q+1. The second-order valence-electron chi connectivity index (χ2n) is 4.17. The third-order valence-electron chi connectivity index (χ3n) is 1.68. The topological polar surface area (TPSA) is 16.2 Å². The smallest absolute Gasteiger partial charge is 0.222 e. The summed E-state index contributed by atoms with van der Waals surface area (Å²) < 4.78 is 2.05. The molecule has 0 aliphatic rings. The van der Waals surface area contributed by atoms with Crippen molar-refractivity contribution in [2.75, 3.05) is 0 Å². The molecule has 0 aliphatic heterocycles. The Kier molecular flexibility index (Phi) is 2.81. The van der Waals surface area contributed by atoms with Crippen LogP contribution in [0.1, 0.15) is 26.5 Å². The minimum Gasteiger partial charge on any atom is -0.281 e. The molecule has 0 atom stereocenters. The first-order chi connectivity index (χ1) is 5.99. The van der Waals surface area contributed by atoms with Crippen molar-refractivity contribution in [1.82, 2.24) is 0 Å². The highest BCUT2D eigenvalue weighted by Crippen LogP contribution is 2.05. The fraction of sp³-hybridized carbons (Fsp3) is 0.455. The van der Waals surface area contributed by atoms with Gasteiger partial charge >= 0.3 is 0 Å². The molecule has 0 unspecified atom stereocenters. The van der Waals surface area contributed by atoms with E-state index in [1.807, 2.05) is 31.6 Å². The van der Waals surface area contributed by atoms with E-state index in [1.165, 1.54) is 0 Å². The molecule has 0 bridgehead atoms. The van der Waals surface area contributed by atoms with Gasteiger partial charge in [-0.1, -0.05) is 0 Å². The van der Waals surface area contributed by atoms with Crippen molar-refractivity contribution in [3.05, 3.63) is 30.1 Å². The molecule has 13 heavy (non-hydrogen) atoms. The molecule has 1 rings (SSSR count). The first-order valence-electron chi connectivity index (χ1n) is 4.49. The molecule has 0 saturated heterocycles. The zero-order chi connectivity index (χ0) is 9.90. The van der Waals surface area contributed by atoms with Crippen LogP contribution >= 0.6 is 0 Å².